The summed E-state index contributed by atoms with van der Waals surface area (Å²) in [5.41, 5.74) is 1.58. The van der Waals surface area contributed by atoms with Crippen LogP contribution in [-0.2, 0) is 9.53 Å². The molecule has 0 amide bonds. The zero-order valence-electron chi connectivity index (χ0n) is 13.7. The van der Waals surface area contributed by atoms with Crippen LogP contribution < -0.4 is 0 Å². The fourth-order valence-corrected chi connectivity index (χ4v) is 3.21. The first-order chi connectivity index (χ1) is 12.1. The summed E-state index contributed by atoms with van der Waals surface area (Å²) in [4.78, 5) is 11.7. The Morgan fingerprint density at radius 1 is 1.12 bits per heavy atom. The lowest BCUT2D eigenvalue weighted by Crippen LogP contribution is -2.15. The minimum atomic E-state index is -0.447. The third-order valence-electron chi connectivity index (χ3n) is 3.57. The molecule has 0 bridgehead atoms. The average molecular weight is 357 g/mol. The van der Waals surface area contributed by atoms with Crippen molar-refractivity contribution in [3.05, 3.63) is 60.4 Å². The molecule has 25 heavy (non-hydrogen) atoms. The van der Waals surface area contributed by atoms with Gasteiger partial charge in [-0.3, -0.25) is 9.36 Å². The molecule has 3 aromatic rings. The zero-order valence-corrected chi connectivity index (χ0v) is 14.5. The van der Waals surface area contributed by atoms with E-state index in [1.807, 2.05) is 30.3 Å². The molecule has 3 rings (SSSR count). The predicted molar refractivity (Wildman–Crippen MR) is 94.1 cm³/mol. The van der Waals surface area contributed by atoms with E-state index in [4.69, 9.17) is 4.74 Å². The van der Waals surface area contributed by atoms with E-state index < -0.39 is 5.25 Å². The Hall–Kier alpha value is -2.67. The third kappa shape index (κ3) is 3.71. The molecule has 0 radical (unpaired) electrons. The molecule has 128 valence electrons. The Morgan fingerprint density at radius 3 is 2.44 bits per heavy atom. The lowest BCUT2D eigenvalue weighted by atomic mass is 10.2. The van der Waals surface area contributed by atoms with Crippen LogP contribution in [0.4, 0.5) is 4.39 Å². The van der Waals surface area contributed by atoms with Crippen molar-refractivity contribution < 1.29 is 13.9 Å². The molecule has 0 spiro atoms. The van der Waals surface area contributed by atoms with Crippen molar-refractivity contribution in [1.82, 2.24) is 14.8 Å². The number of carbonyl (C=O) groups is 1. The lowest BCUT2D eigenvalue weighted by Gasteiger charge is -2.12. The standard InChI is InChI=1S/C18H16FN3O2S/c1-12(17(23)24-2)25-18-21-20-16(13-6-4-3-5-7-13)22(18)15-10-8-14(19)9-11-15/h3-12H,1-2H3. The highest BCUT2D eigenvalue weighted by molar-refractivity contribution is 8.00. The van der Waals surface area contributed by atoms with Gasteiger partial charge in [-0.2, -0.15) is 0 Å². The van der Waals surface area contributed by atoms with Crippen LogP contribution >= 0.6 is 11.8 Å². The lowest BCUT2D eigenvalue weighted by molar-refractivity contribution is -0.139. The third-order valence-corrected chi connectivity index (χ3v) is 4.59. The van der Waals surface area contributed by atoms with Crippen LogP contribution in [0.15, 0.2) is 59.8 Å². The van der Waals surface area contributed by atoms with Gasteiger partial charge in [0, 0.05) is 11.3 Å². The number of ether oxygens (including phenoxy) is 1. The second-order valence-electron chi connectivity index (χ2n) is 5.27. The molecule has 1 heterocycles. The van der Waals surface area contributed by atoms with Crippen LogP contribution in [0.2, 0.25) is 0 Å². The maximum Gasteiger partial charge on any atom is 0.318 e. The summed E-state index contributed by atoms with van der Waals surface area (Å²) in [5, 5.41) is 8.58. The molecule has 0 aliphatic rings. The minimum absolute atomic E-state index is 0.324. The number of methoxy groups -OCH3 is 1. The van der Waals surface area contributed by atoms with E-state index in [0.29, 0.717) is 16.7 Å². The van der Waals surface area contributed by atoms with Crippen molar-refractivity contribution in [2.24, 2.45) is 0 Å². The highest BCUT2D eigenvalue weighted by Crippen LogP contribution is 2.30. The van der Waals surface area contributed by atoms with Gasteiger partial charge in [0.25, 0.3) is 0 Å². The molecule has 5 nitrogen and oxygen atoms in total. The summed E-state index contributed by atoms with van der Waals surface area (Å²) in [7, 11) is 1.35. The first kappa shape index (κ1) is 17.2. The van der Waals surface area contributed by atoms with E-state index in [-0.39, 0.29) is 11.8 Å². The van der Waals surface area contributed by atoms with Gasteiger partial charge in [0.15, 0.2) is 11.0 Å². The SMILES string of the molecule is COC(=O)C(C)Sc1nnc(-c2ccccc2)n1-c1ccc(F)cc1. The average Bonchev–Trinajstić information content (AvgIpc) is 3.06. The molecule has 7 heteroatoms. The van der Waals surface area contributed by atoms with Crippen LogP contribution in [0.25, 0.3) is 17.1 Å². The van der Waals surface area contributed by atoms with Gasteiger partial charge in [-0.15, -0.1) is 10.2 Å². The van der Waals surface area contributed by atoms with Gasteiger partial charge in [0.05, 0.1) is 7.11 Å². The fourth-order valence-electron chi connectivity index (χ4n) is 2.32. The fraction of sp³-hybridized carbons (Fsp3) is 0.167. The first-order valence-corrected chi connectivity index (χ1v) is 8.49. The number of nitrogens with zero attached hydrogens (tertiary/aromatic N) is 3. The number of thioether (sulfide) groups is 1. The molecule has 0 saturated heterocycles. The van der Waals surface area contributed by atoms with Crippen molar-refractivity contribution in [3.8, 4) is 17.1 Å². The number of rotatable bonds is 5. The van der Waals surface area contributed by atoms with Crippen LogP contribution in [0.1, 0.15) is 6.92 Å². The van der Waals surface area contributed by atoms with Crippen LogP contribution in [0.5, 0.6) is 0 Å². The molecule has 0 N–H and O–H groups in total. The molecular formula is C18H16FN3O2S. The topological polar surface area (TPSA) is 57.0 Å². The highest BCUT2D eigenvalue weighted by atomic mass is 32.2. The van der Waals surface area contributed by atoms with Gasteiger partial charge >= 0.3 is 5.97 Å². The summed E-state index contributed by atoms with van der Waals surface area (Å²) in [6.45, 7) is 1.74. The second kappa shape index (κ2) is 7.48. The van der Waals surface area contributed by atoms with E-state index in [2.05, 4.69) is 10.2 Å². The van der Waals surface area contributed by atoms with Crippen molar-refractivity contribution in [2.75, 3.05) is 7.11 Å². The number of aromatic nitrogens is 3. The monoisotopic (exact) mass is 357 g/mol. The van der Waals surface area contributed by atoms with Crippen LogP contribution in [0, 0.1) is 5.82 Å². The molecular weight excluding hydrogens is 341 g/mol. The Kier molecular flexibility index (Phi) is 5.14. The Labute approximate surface area is 148 Å². The maximum absolute atomic E-state index is 13.3. The molecule has 1 unspecified atom stereocenters. The number of esters is 1. The van der Waals surface area contributed by atoms with E-state index in [1.54, 1.807) is 23.6 Å². The minimum Gasteiger partial charge on any atom is -0.468 e. The van der Waals surface area contributed by atoms with E-state index in [1.165, 1.54) is 31.0 Å². The Bertz CT molecular complexity index is 866. The predicted octanol–water partition coefficient (Wildman–Crippen LogP) is 3.73. The molecule has 0 aliphatic carbocycles. The molecule has 0 aliphatic heterocycles. The number of hydrogen-bond acceptors (Lipinski definition) is 5. The van der Waals surface area contributed by atoms with E-state index >= 15 is 0 Å². The number of benzene rings is 2. The van der Waals surface area contributed by atoms with E-state index in [0.717, 1.165) is 5.56 Å². The summed E-state index contributed by atoms with van der Waals surface area (Å²) in [6, 6.07) is 15.6. The normalized spacial score (nSPS) is 12.0. The van der Waals surface area contributed by atoms with Gasteiger partial charge in [-0.25, -0.2) is 4.39 Å². The number of halogens is 1. The van der Waals surface area contributed by atoms with Gasteiger partial charge in [0.2, 0.25) is 0 Å². The van der Waals surface area contributed by atoms with Gasteiger partial charge < -0.3 is 4.74 Å². The summed E-state index contributed by atoms with van der Waals surface area (Å²) in [6.07, 6.45) is 0. The maximum atomic E-state index is 13.3. The van der Waals surface area contributed by atoms with Crippen molar-refractivity contribution in [2.45, 2.75) is 17.3 Å². The smallest absolute Gasteiger partial charge is 0.318 e. The summed E-state index contributed by atoms with van der Waals surface area (Å²) in [5.74, 6) is -0.0538. The van der Waals surface area contributed by atoms with Crippen molar-refractivity contribution in [3.63, 3.8) is 0 Å². The molecule has 2 aromatic carbocycles. The van der Waals surface area contributed by atoms with Crippen molar-refractivity contribution >= 4 is 17.7 Å². The van der Waals surface area contributed by atoms with Gasteiger partial charge in [-0.1, -0.05) is 42.1 Å². The Balaban J connectivity index is 2.08. The summed E-state index contributed by atoms with van der Waals surface area (Å²) < 4.78 is 19.9. The van der Waals surface area contributed by atoms with Crippen LogP contribution in [0.3, 0.4) is 0 Å². The first-order valence-electron chi connectivity index (χ1n) is 7.61. The number of carbonyl (C=O) groups excluding carboxylic acids is 1. The molecule has 1 aromatic heterocycles. The number of hydrogen-bond donors (Lipinski definition) is 0. The second-order valence-corrected chi connectivity index (χ2v) is 6.58. The Morgan fingerprint density at radius 2 is 1.80 bits per heavy atom. The molecule has 0 saturated carbocycles. The zero-order chi connectivity index (χ0) is 17.8. The highest BCUT2D eigenvalue weighted by Gasteiger charge is 2.22. The van der Waals surface area contributed by atoms with E-state index in [9.17, 15) is 9.18 Å². The summed E-state index contributed by atoms with van der Waals surface area (Å²) >= 11 is 1.24. The van der Waals surface area contributed by atoms with Crippen LogP contribution in [-0.4, -0.2) is 33.1 Å². The molecule has 0 fully saturated rings. The molecule has 1 atom stereocenters. The van der Waals surface area contributed by atoms with Gasteiger partial charge in [-0.05, 0) is 31.2 Å². The van der Waals surface area contributed by atoms with Crippen molar-refractivity contribution in [1.29, 1.82) is 0 Å². The largest absolute Gasteiger partial charge is 0.468 e. The van der Waals surface area contributed by atoms with Gasteiger partial charge in [0.1, 0.15) is 11.1 Å². The quantitative estimate of drug-likeness (QED) is 0.514.